The molecule has 0 unspecified atom stereocenters. The van der Waals surface area contributed by atoms with E-state index in [1.807, 2.05) is 0 Å². The van der Waals surface area contributed by atoms with Gasteiger partial charge in [-0.15, -0.1) is 11.3 Å². The number of rotatable bonds is 4. The number of urea groups is 1. The van der Waals surface area contributed by atoms with Crippen LogP contribution in [0.1, 0.15) is 16.1 Å². The number of aromatic nitrogens is 1. The Labute approximate surface area is 155 Å². The lowest BCUT2D eigenvalue weighted by Crippen LogP contribution is -2.19. The number of alkyl halides is 3. The van der Waals surface area contributed by atoms with Gasteiger partial charge in [0.25, 0.3) is 0 Å². The Morgan fingerprint density at radius 2 is 2.07 bits per heavy atom. The van der Waals surface area contributed by atoms with E-state index >= 15 is 0 Å². The Morgan fingerprint density at radius 1 is 1.37 bits per heavy atom. The molecule has 0 fully saturated rings. The first-order valence-corrected chi connectivity index (χ1v) is 8.11. The molecule has 1 aromatic heterocycles. The van der Waals surface area contributed by atoms with Gasteiger partial charge in [0, 0.05) is 16.1 Å². The number of hydrogen-bond acceptors (Lipinski definition) is 4. The number of aryl methyl sites for hydroxylation is 1. The van der Waals surface area contributed by atoms with E-state index in [1.54, 1.807) is 13.0 Å². The van der Waals surface area contributed by atoms with E-state index in [-0.39, 0.29) is 22.1 Å². The van der Waals surface area contributed by atoms with Gasteiger partial charge in [0.05, 0.1) is 11.3 Å². The highest BCUT2D eigenvalue weighted by atomic mass is 32.1. The number of nitrogens with one attached hydrogen (secondary N) is 2. The van der Waals surface area contributed by atoms with Gasteiger partial charge in [-0.1, -0.05) is 6.58 Å². The molecule has 1 heterocycles. The molecule has 2 amide bonds. The van der Waals surface area contributed by atoms with Crippen LogP contribution in [0.2, 0.25) is 0 Å². The van der Waals surface area contributed by atoms with Crippen molar-refractivity contribution >= 4 is 34.3 Å². The minimum absolute atomic E-state index is 0.124. The third-order valence-electron chi connectivity index (χ3n) is 3.21. The van der Waals surface area contributed by atoms with Crippen LogP contribution in [0.25, 0.3) is 6.08 Å². The number of allylic oxidation sites excluding steroid dienone is 2. The van der Waals surface area contributed by atoms with E-state index < -0.39 is 23.6 Å². The number of carbonyl (C=O) groups is 1. The summed E-state index contributed by atoms with van der Waals surface area (Å²) in [6.07, 6.45) is -2.58. The molecule has 0 saturated heterocycles. The number of benzene rings is 1. The monoisotopic (exact) mass is 396 g/mol. The molecule has 2 rings (SSSR count). The standard InChI is InChI=1S/C17H12F4N4OS/c1-9(17(19,20)21)3-6-14-10(2)27-16(24-14)25-15(26)23-12-5-4-11(8-22)13(18)7-12/h3-7H,1H2,2H3,(H2,23,24,25,26)/b6-3-. The molecule has 0 spiro atoms. The minimum Gasteiger partial charge on any atom is -0.308 e. The SMILES string of the molecule is C=C(/C=C\c1nc(NC(=O)Nc2ccc(C#N)c(F)c2)sc1C)C(F)(F)F. The number of carbonyl (C=O) groups excluding carboxylic acids is 1. The first-order chi connectivity index (χ1) is 12.6. The predicted octanol–water partition coefficient (Wildman–Crippen LogP) is 5.24. The van der Waals surface area contributed by atoms with Crippen LogP contribution >= 0.6 is 11.3 Å². The second-order valence-corrected chi connectivity index (χ2v) is 6.41. The van der Waals surface area contributed by atoms with Crippen LogP contribution in [0.4, 0.5) is 33.2 Å². The normalized spacial score (nSPS) is 11.3. The molecule has 0 bridgehead atoms. The van der Waals surface area contributed by atoms with Gasteiger partial charge < -0.3 is 5.32 Å². The summed E-state index contributed by atoms with van der Waals surface area (Å²) >= 11 is 1.06. The Morgan fingerprint density at radius 3 is 2.67 bits per heavy atom. The van der Waals surface area contributed by atoms with Crippen LogP contribution in [0.15, 0.2) is 36.4 Å². The Bertz CT molecular complexity index is 957. The lowest BCUT2D eigenvalue weighted by molar-refractivity contribution is -0.0877. The summed E-state index contributed by atoms with van der Waals surface area (Å²) < 4.78 is 50.8. The first kappa shape index (κ1) is 20.1. The van der Waals surface area contributed by atoms with Crippen molar-refractivity contribution in [2.75, 3.05) is 10.6 Å². The van der Waals surface area contributed by atoms with Gasteiger partial charge in [-0.05, 0) is 37.3 Å². The molecule has 0 aliphatic rings. The van der Waals surface area contributed by atoms with Crippen molar-refractivity contribution in [1.29, 1.82) is 5.26 Å². The highest BCUT2D eigenvalue weighted by Crippen LogP contribution is 2.27. The molecule has 140 valence electrons. The van der Waals surface area contributed by atoms with Crippen molar-refractivity contribution in [1.82, 2.24) is 4.98 Å². The third kappa shape index (κ3) is 5.39. The van der Waals surface area contributed by atoms with E-state index in [0.717, 1.165) is 29.6 Å². The molecule has 27 heavy (non-hydrogen) atoms. The van der Waals surface area contributed by atoms with E-state index in [1.165, 1.54) is 12.1 Å². The van der Waals surface area contributed by atoms with Crippen LogP contribution in [0.5, 0.6) is 0 Å². The molecular formula is C17H12F4N4OS. The van der Waals surface area contributed by atoms with Gasteiger partial charge >= 0.3 is 12.2 Å². The van der Waals surface area contributed by atoms with Crippen molar-refractivity contribution in [3.05, 3.63) is 58.4 Å². The first-order valence-electron chi connectivity index (χ1n) is 7.29. The van der Waals surface area contributed by atoms with E-state index in [4.69, 9.17) is 5.26 Å². The predicted molar refractivity (Wildman–Crippen MR) is 94.8 cm³/mol. The number of amides is 2. The van der Waals surface area contributed by atoms with Gasteiger partial charge in [0.15, 0.2) is 5.13 Å². The van der Waals surface area contributed by atoms with E-state index in [2.05, 4.69) is 22.2 Å². The minimum atomic E-state index is -4.53. The zero-order valence-corrected chi connectivity index (χ0v) is 14.6. The van der Waals surface area contributed by atoms with Crippen molar-refractivity contribution in [2.45, 2.75) is 13.1 Å². The maximum absolute atomic E-state index is 13.5. The Balaban J connectivity index is 2.05. The topological polar surface area (TPSA) is 77.8 Å². The van der Waals surface area contributed by atoms with Crippen molar-refractivity contribution in [2.24, 2.45) is 0 Å². The zero-order valence-electron chi connectivity index (χ0n) is 13.8. The molecule has 0 aliphatic carbocycles. The number of nitriles is 1. The second kappa shape index (κ2) is 8.01. The van der Waals surface area contributed by atoms with Gasteiger partial charge in [0.2, 0.25) is 0 Å². The molecule has 2 N–H and O–H groups in total. The van der Waals surface area contributed by atoms with Crippen LogP contribution < -0.4 is 10.6 Å². The summed E-state index contributed by atoms with van der Waals surface area (Å²) in [4.78, 5) is 16.6. The zero-order chi connectivity index (χ0) is 20.2. The summed E-state index contributed by atoms with van der Waals surface area (Å²) in [6, 6.07) is 4.50. The smallest absolute Gasteiger partial charge is 0.308 e. The number of halogens is 4. The highest BCUT2D eigenvalue weighted by molar-refractivity contribution is 7.15. The largest absolute Gasteiger partial charge is 0.415 e. The van der Waals surface area contributed by atoms with Crippen LogP contribution in [0, 0.1) is 24.1 Å². The fourth-order valence-electron chi connectivity index (χ4n) is 1.83. The summed E-state index contributed by atoms with van der Waals surface area (Å²) in [5.74, 6) is -0.780. The summed E-state index contributed by atoms with van der Waals surface area (Å²) in [7, 11) is 0. The molecule has 2 aromatic rings. The van der Waals surface area contributed by atoms with Crippen LogP contribution in [-0.2, 0) is 0 Å². The van der Waals surface area contributed by atoms with Gasteiger partial charge in [-0.25, -0.2) is 14.2 Å². The molecule has 1 aromatic carbocycles. The maximum atomic E-state index is 13.5. The molecular weight excluding hydrogens is 384 g/mol. The summed E-state index contributed by atoms with van der Waals surface area (Å²) in [6.45, 7) is 4.56. The van der Waals surface area contributed by atoms with Gasteiger partial charge in [-0.2, -0.15) is 18.4 Å². The second-order valence-electron chi connectivity index (χ2n) is 5.20. The summed E-state index contributed by atoms with van der Waals surface area (Å²) in [5, 5.41) is 13.6. The molecule has 5 nitrogen and oxygen atoms in total. The Hall–Kier alpha value is -3.19. The maximum Gasteiger partial charge on any atom is 0.415 e. The fourth-order valence-corrected chi connectivity index (χ4v) is 2.63. The van der Waals surface area contributed by atoms with Crippen LogP contribution in [-0.4, -0.2) is 17.2 Å². The molecule has 0 saturated carbocycles. The highest BCUT2D eigenvalue weighted by Gasteiger charge is 2.29. The third-order valence-corrected chi connectivity index (χ3v) is 4.11. The molecule has 0 aliphatic heterocycles. The molecule has 0 radical (unpaired) electrons. The number of anilines is 2. The van der Waals surface area contributed by atoms with Crippen molar-refractivity contribution < 1.29 is 22.4 Å². The lowest BCUT2D eigenvalue weighted by Gasteiger charge is -2.05. The fraction of sp³-hybridized carbons (Fsp3) is 0.118. The molecule has 10 heteroatoms. The average molecular weight is 396 g/mol. The number of nitrogens with zero attached hydrogens (tertiary/aromatic N) is 2. The van der Waals surface area contributed by atoms with Crippen molar-refractivity contribution in [3.8, 4) is 6.07 Å². The molecule has 0 atom stereocenters. The van der Waals surface area contributed by atoms with Gasteiger partial charge in [0.1, 0.15) is 11.9 Å². The van der Waals surface area contributed by atoms with Crippen LogP contribution in [0.3, 0.4) is 0 Å². The van der Waals surface area contributed by atoms with Crippen molar-refractivity contribution in [3.63, 3.8) is 0 Å². The number of thiazole rings is 1. The quantitative estimate of drug-likeness (QED) is 0.548. The van der Waals surface area contributed by atoms with E-state index in [0.29, 0.717) is 4.88 Å². The Kier molecular flexibility index (Phi) is 5.97. The van der Waals surface area contributed by atoms with E-state index in [9.17, 15) is 22.4 Å². The lowest BCUT2D eigenvalue weighted by atomic mass is 10.2. The average Bonchev–Trinajstić information content (AvgIpc) is 2.91. The number of hydrogen-bond donors (Lipinski definition) is 2. The van der Waals surface area contributed by atoms with Gasteiger partial charge in [-0.3, -0.25) is 5.32 Å². The summed E-state index contributed by atoms with van der Waals surface area (Å²) in [5.41, 5.74) is -0.803.